The van der Waals surface area contributed by atoms with Crippen molar-refractivity contribution in [3.8, 4) is 0 Å². The van der Waals surface area contributed by atoms with Gasteiger partial charge in [-0.1, -0.05) is 39.0 Å². The summed E-state index contributed by atoms with van der Waals surface area (Å²) < 4.78 is 0. The molecule has 2 nitrogen and oxygen atoms in total. The summed E-state index contributed by atoms with van der Waals surface area (Å²) in [4.78, 5) is 0. The summed E-state index contributed by atoms with van der Waals surface area (Å²) in [7, 11) is 0. The van der Waals surface area contributed by atoms with Gasteiger partial charge < -0.3 is 10.6 Å². The molecule has 2 N–H and O–H groups in total. The molecule has 1 unspecified atom stereocenters. The predicted molar refractivity (Wildman–Crippen MR) is 67.3 cm³/mol. The van der Waals surface area contributed by atoms with Crippen LogP contribution in [0.2, 0.25) is 0 Å². The SMILES string of the molecule is CCCCCCCCNC1(C)CCNC1. The Balaban J connectivity index is 1.88. The predicted octanol–water partition coefficient (Wildman–Crippen LogP) is 2.69. The first kappa shape index (κ1) is 13.0. The fourth-order valence-electron chi connectivity index (χ4n) is 2.26. The third-order valence-electron chi connectivity index (χ3n) is 3.45. The molecule has 90 valence electrons. The Kier molecular flexibility index (Phi) is 6.26. The second-order valence-electron chi connectivity index (χ2n) is 5.18. The maximum atomic E-state index is 3.69. The summed E-state index contributed by atoms with van der Waals surface area (Å²) in [6.45, 7) is 8.13. The van der Waals surface area contributed by atoms with Gasteiger partial charge in [0, 0.05) is 12.1 Å². The van der Waals surface area contributed by atoms with Crippen molar-refractivity contribution in [2.24, 2.45) is 0 Å². The summed E-state index contributed by atoms with van der Waals surface area (Å²) >= 11 is 0. The molecule has 0 saturated carbocycles. The summed E-state index contributed by atoms with van der Waals surface area (Å²) in [5, 5.41) is 7.11. The smallest absolute Gasteiger partial charge is 0.0289 e. The first-order chi connectivity index (χ1) is 7.27. The lowest BCUT2D eigenvalue weighted by Gasteiger charge is -2.24. The second-order valence-corrected chi connectivity index (χ2v) is 5.18. The highest BCUT2D eigenvalue weighted by Crippen LogP contribution is 2.13. The highest BCUT2D eigenvalue weighted by atomic mass is 15.1. The summed E-state index contributed by atoms with van der Waals surface area (Å²) in [6, 6.07) is 0. The Morgan fingerprint density at radius 1 is 1.13 bits per heavy atom. The average molecular weight is 212 g/mol. The molecular formula is C13H28N2. The first-order valence-corrected chi connectivity index (χ1v) is 6.72. The molecule has 1 rings (SSSR count). The first-order valence-electron chi connectivity index (χ1n) is 6.72. The van der Waals surface area contributed by atoms with Gasteiger partial charge in [0.25, 0.3) is 0 Å². The van der Waals surface area contributed by atoms with E-state index in [1.165, 1.54) is 58.0 Å². The Labute approximate surface area is 95.2 Å². The highest BCUT2D eigenvalue weighted by molar-refractivity contribution is 4.91. The molecule has 2 heteroatoms. The van der Waals surface area contributed by atoms with Crippen LogP contribution in [-0.4, -0.2) is 25.2 Å². The van der Waals surface area contributed by atoms with Crippen molar-refractivity contribution in [1.29, 1.82) is 0 Å². The molecule has 0 bridgehead atoms. The van der Waals surface area contributed by atoms with Gasteiger partial charge >= 0.3 is 0 Å². The topological polar surface area (TPSA) is 24.1 Å². The fourth-order valence-corrected chi connectivity index (χ4v) is 2.26. The Morgan fingerprint density at radius 2 is 1.87 bits per heavy atom. The van der Waals surface area contributed by atoms with E-state index in [2.05, 4.69) is 24.5 Å². The van der Waals surface area contributed by atoms with E-state index in [1.54, 1.807) is 0 Å². The van der Waals surface area contributed by atoms with Crippen LogP contribution in [0.25, 0.3) is 0 Å². The van der Waals surface area contributed by atoms with E-state index in [9.17, 15) is 0 Å². The van der Waals surface area contributed by atoms with Crippen molar-refractivity contribution >= 4 is 0 Å². The molecule has 0 aromatic heterocycles. The summed E-state index contributed by atoms with van der Waals surface area (Å²) in [5.74, 6) is 0. The van der Waals surface area contributed by atoms with Crippen molar-refractivity contribution in [2.45, 2.75) is 64.3 Å². The molecule has 0 radical (unpaired) electrons. The summed E-state index contributed by atoms with van der Waals surface area (Å²) in [5.41, 5.74) is 0.378. The molecule has 0 amide bonds. The Morgan fingerprint density at radius 3 is 2.53 bits per heavy atom. The summed E-state index contributed by atoms with van der Waals surface area (Å²) in [6.07, 6.45) is 9.63. The number of hydrogen-bond donors (Lipinski definition) is 2. The van der Waals surface area contributed by atoms with Crippen LogP contribution in [0.15, 0.2) is 0 Å². The minimum atomic E-state index is 0.378. The minimum absolute atomic E-state index is 0.378. The van der Waals surface area contributed by atoms with Crippen LogP contribution in [0, 0.1) is 0 Å². The molecule has 0 aromatic rings. The van der Waals surface area contributed by atoms with Gasteiger partial charge in [0.2, 0.25) is 0 Å². The fraction of sp³-hybridized carbons (Fsp3) is 1.00. The maximum Gasteiger partial charge on any atom is 0.0289 e. The standard InChI is InChI=1S/C13H28N2/c1-3-4-5-6-7-8-10-15-13(2)9-11-14-12-13/h14-15H,3-12H2,1-2H3. The molecule has 0 aromatic carbocycles. The molecule has 0 aliphatic carbocycles. The molecule has 1 aliphatic heterocycles. The zero-order valence-corrected chi connectivity index (χ0v) is 10.6. The van der Waals surface area contributed by atoms with Crippen molar-refractivity contribution in [2.75, 3.05) is 19.6 Å². The minimum Gasteiger partial charge on any atom is -0.315 e. The van der Waals surface area contributed by atoms with E-state index >= 15 is 0 Å². The van der Waals surface area contributed by atoms with Gasteiger partial charge in [-0.05, 0) is 32.9 Å². The van der Waals surface area contributed by atoms with E-state index in [1.807, 2.05) is 0 Å². The monoisotopic (exact) mass is 212 g/mol. The normalized spacial score (nSPS) is 26.0. The quantitative estimate of drug-likeness (QED) is 0.605. The van der Waals surface area contributed by atoms with Crippen molar-refractivity contribution in [1.82, 2.24) is 10.6 Å². The van der Waals surface area contributed by atoms with Crippen LogP contribution in [0.1, 0.15) is 58.8 Å². The molecular weight excluding hydrogens is 184 g/mol. The van der Waals surface area contributed by atoms with Crippen LogP contribution in [0.5, 0.6) is 0 Å². The van der Waals surface area contributed by atoms with E-state index in [4.69, 9.17) is 0 Å². The number of hydrogen-bond acceptors (Lipinski definition) is 2. The van der Waals surface area contributed by atoms with Crippen molar-refractivity contribution in [3.05, 3.63) is 0 Å². The largest absolute Gasteiger partial charge is 0.315 e. The Hall–Kier alpha value is -0.0800. The zero-order valence-electron chi connectivity index (χ0n) is 10.6. The molecule has 1 heterocycles. The second kappa shape index (κ2) is 7.24. The lowest BCUT2D eigenvalue weighted by molar-refractivity contribution is 0.381. The molecule has 1 atom stereocenters. The highest BCUT2D eigenvalue weighted by Gasteiger charge is 2.26. The lowest BCUT2D eigenvalue weighted by Crippen LogP contribution is -2.44. The van der Waals surface area contributed by atoms with E-state index in [0.29, 0.717) is 5.54 Å². The van der Waals surface area contributed by atoms with Crippen molar-refractivity contribution < 1.29 is 0 Å². The number of unbranched alkanes of at least 4 members (excludes halogenated alkanes) is 5. The van der Waals surface area contributed by atoms with Gasteiger partial charge in [-0.3, -0.25) is 0 Å². The van der Waals surface area contributed by atoms with E-state index in [-0.39, 0.29) is 0 Å². The third kappa shape index (κ3) is 5.53. The van der Waals surface area contributed by atoms with Gasteiger partial charge in [0.15, 0.2) is 0 Å². The number of rotatable bonds is 8. The van der Waals surface area contributed by atoms with Gasteiger partial charge in [0.1, 0.15) is 0 Å². The molecule has 15 heavy (non-hydrogen) atoms. The van der Waals surface area contributed by atoms with Crippen LogP contribution in [0.4, 0.5) is 0 Å². The Bertz CT molecular complexity index is 151. The van der Waals surface area contributed by atoms with Gasteiger partial charge in [-0.2, -0.15) is 0 Å². The van der Waals surface area contributed by atoms with Crippen molar-refractivity contribution in [3.63, 3.8) is 0 Å². The van der Waals surface area contributed by atoms with E-state index < -0.39 is 0 Å². The van der Waals surface area contributed by atoms with Gasteiger partial charge in [-0.25, -0.2) is 0 Å². The molecule has 1 saturated heterocycles. The van der Waals surface area contributed by atoms with Gasteiger partial charge in [0.05, 0.1) is 0 Å². The van der Waals surface area contributed by atoms with Crippen LogP contribution < -0.4 is 10.6 Å². The maximum absolute atomic E-state index is 3.69. The van der Waals surface area contributed by atoms with Crippen LogP contribution >= 0.6 is 0 Å². The molecule has 1 aliphatic rings. The van der Waals surface area contributed by atoms with E-state index in [0.717, 1.165) is 6.54 Å². The van der Waals surface area contributed by atoms with Crippen LogP contribution in [0.3, 0.4) is 0 Å². The van der Waals surface area contributed by atoms with Gasteiger partial charge in [-0.15, -0.1) is 0 Å². The lowest BCUT2D eigenvalue weighted by atomic mass is 10.0. The average Bonchev–Trinajstić information content (AvgIpc) is 2.64. The molecule has 0 spiro atoms. The number of nitrogens with one attached hydrogen (secondary N) is 2. The zero-order chi connectivity index (χ0) is 11.0. The third-order valence-corrected chi connectivity index (χ3v) is 3.45. The molecule has 1 fully saturated rings. The van der Waals surface area contributed by atoms with Crippen LogP contribution in [-0.2, 0) is 0 Å².